The maximum atomic E-state index is 12.7. The van der Waals surface area contributed by atoms with E-state index in [1.807, 2.05) is 6.07 Å². The number of amides is 1. The van der Waals surface area contributed by atoms with Gasteiger partial charge in [-0.05, 0) is 36.0 Å². The minimum absolute atomic E-state index is 0.0437. The second kappa shape index (κ2) is 8.35. The Morgan fingerprint density at radius 2 is 1.89 bits per heavy atom. The lowest BCUT2D eigenvalue weighted by Gasteiger charge is -2.15. The van der Waals surface area contributed by atoms with Crippen molar-refractivity contribution in [3.8, 4) is 0 Å². The first kappa shape index (κ1) is 19.1. The van der Waals surface area contributed by atoms with Gasteiger partial charge in [0, 0.05) is 18.2 Å². The highest BCUT2D eigenvalue weighted by molar-refractivity contribution is 8.19. The number of non-ortho nitro benzene ring substituents is 1. The number of hydrazone groups is 1. The molecule has 142 valence electrons. The van der Waals surface area contributed by atoms with Crippen LogP contribution in [0.5, 0.6) is 0 Å². The first-order chi connectivity index (χ1) is 13.5. The summed E-state index contributed by atoms with van der Waals surface area (Å²) in [6.45, 7) is 0. The zero-order valence-electron chi connectivity index (χ0n) is 14.6. The topological polar surface area (TPSA) is 114 Å². The molecule has 0 spiro atoms. The average molecular weight is 398 g/mol. The molecule has 1 N–H and O–H groups in total. The number of para-hydroxylation sites is 1. The van der Waals surface area contributed by atoms with E-state index in [2.05, 4.69) is 15.3 Å². The maximum absolute atomic E-state index is 12.7. The number of amidine groups is 1. The molecule has 0 bridgehead atoms. The summed E-state index contributed by atoms with van der Waals surface area (Å²) >= 11 is 1.01. The lowest BCUT2D eigenvalue weighted by molar-refractivity contribution is -0.384. The Balaban J connectivity index is 1.90. The molecule has 2 aromatic carbocycles. The van der Waals surface area contributed by atoms with Crippen LogP contribution < -0.4 is 10.3 Å². The predicted octanol–water partition coefficient (Wildman–Crippen LogP) is 3.11. The molecule has 0 radical (unpaired) electrons. The summed E-state index contributed by atoms with van der Waals surface area (Å²) in [7, 11) is 1.23. The fourth-order valence-electron chi connectivity index (χ4n) is 2.29. The third-order valence-electron chi connectivity index (χ3n) is 3.63. The van der Waals surface area contributed by atoms with Crippen LogP contribution >= 0.6 is 11.8 Å². The molecule has 1 aliphatic heterocycles. The first-order valence-corrected chi connectivity index (χ1v) is 8.76. The summed E-state index contributed by atoms with van der Waals surface area (Å²) in [4.78, 5) is 36.0. The summed E-state index contributed by atoms with van der Waals surface area (Å²) < 4.78 is 4.59. The van der Waals surface area contributed by atoms with Gasteiger partial charge in [0.15, 0.2) is 5.17 Å². The van der Waals surface area contributed by atoms with Gasteiger partial charge in [-0.3, -0.25) is 25.2 Å². The summed E-state index contributed by atoms with van der Waals surface area (Å²) in [5, 5.41) is 15.3. The van der Waals surface area contributed by atoms with Crippen molar-refractivity contribution in [3.05, 3.63) is 75.7 Å². The summed E-state index contributed by atoms with van der Waals surface area (Å²) in [5.74, 6) is -1.06. The molecule has 0 atom stereocenters. The largest absolute Gasteiger partial charge is 0.466 e. The Hall–Kier alpha value is -3.66. The number of nitrogens with zero attached hydrogens (tertiary/aromatic N) is 3. The number of anilines is 2. The average Bonchev–Trinajstić information content (AvgIpc) is 3.02. The van der Waals surface area contributed by atoms with Crippen molar-refractivity contribution in [3.63, 3.8) is 0 Å². The van der Waals surface area contributed by atoms with E-state index in [4.69, 9.17) is 0 Å². The molecule has 0 unspecified atom stereocenters. The van der Waals surface area contributed by atoms with Crippen LogP contribution in [0.25, 0.3) is 0 Å². The van der Waals surface area contributed by atoms with Crippen LogP contribution in [0.1, 0.15) is 0 Å². The number of thioether (sulfide) groups is 1. The van der Waals surface area contributed by atoms with Gasteiger partial charge in [-0.1, -0.05) is 18.2 Å². The number of hydrogen-bond donors (Lipinski definition) is 1. The minimum atomic E-state index is -0.645. The van der Waals surface area contributed by atoms with Crippen molar-refractivity contribution in [1.29, 1.82) is 0 Å². The van der Waals surface area contributed by atoms with Gasteiger partial charge in [0.2, 0.25) is 0 Å². The molecule has 1 amide bonds. The monoisotopic (exact) mass is 398 g/mol. The van der Waals surface area contributed by atoms with E-state index in [1.54, 1.807) is 24.3 Å². The summed E-state index contributed by atoms with van der Waals surface area (Å²) in [5.41, 5.74) is 3.81. The van der Waals surface area contributed by atoms with E-state index in [-0.39, 0.29) is 10.6 Å². The van der Waals surface area contributed by atoms with Crippen molar-refractivity contribution in [2.75, 3.05) is 17.4 Å². The van der Waals surface area contributed by atoms with Crippen LogP contribution in [0.15, 0.2) is 70.7 Å². The Morgan fingerprint density at radius 1 is 1.21 bits per heavy atom. The molecule has 0 saturated carbocycles. The van der Waals surface area contributed by atoms with Crippen molar-refractivity contribution >= 4 is 45.9 Å². The molecule has 0 aromatic heterocycles. The van der Waals surface area contributed by atoms with E-state index in [1.165, 1.54) is 36.3 Å². The number of esters is 1. The second-order valence-electron chi connectivity index (χ2n) is 5.42. The number of carbonyl (C=O) groups excluding carboxylic acids is 2. The molecule has 0 aliphatic carbocycles. The molecule has 1 saturated heterocycles. The fourth-order valence-corrected chi connectivity index (χ4v) is 3.19. The highest BCUT2D eigenvalue weighted by Gasteiger charge is 2.35. The number of nitrogens with one attached hydrogen (secondary N) is 1. The Morgan fingerprint density at radius 3 is 2.50 bits per heavy atom. The third-order valence-corrected chi connectivity index (χ3v) is 4.60. The predicted molar refractivity (Wildman–Crippen MR) is 106 cm³/mol. The Labute approximate surface area is 163 Å². The van der Waals surface area contributed by atoms with Gasteiger partial charge in [-0.25, -0.2) is 4.79 Å². The number of methoxy groups -OCH3 is 1. The first-order valence-electron chi connectivity index (χ1n) is 7.95. The number of ether oxygens (including phenoxy) is 1. The Bertz CT molecular complexity index is 973. The van der Waals surface area contributed by atoms with E-state index in [0.717, 1.165) is 17.8 Å². The molecule has 1 heterocycles. The summed E-state index contributed by atoms with van der Waals surface area (Å²) in [6, 6.07) is 14.5. The summed E-state index contributed by atoms with van der Waals surface area (Å²) in [6.07, 6.45) is 1.11. The standard InChI is InChI=1S/C18H14N4O5S/c1-27-16(23)11-15-17(24)21(13-5-3-2-4-6-13)18(28-15)20-19-12-7-9-14(10-8-12)22(25)26/h2-11,19H,1H3/b15-11-,20-18-. The number of hydrogen-bond acceptors (Lipinski definition) is 8. The quantitative estimate of drug-likeness (QED) is 0.356. The van der Waals surface area contributed by atoms with Crippen molar-refractivity contribution in [1.82, 2.24) is 0 Å². The van der Waals surface area contributed by atoms with Crippen molar-refractivity contribution in [2.24, 2.45) is 5.10 Å². The van der Waals surface area contributed by atoms with E-state index < -0.39 is 16.8 Å². The van der Waals surface area contributed by atoms with Gasteiger partial charge >= 0.3 is 5.97 Å². The number of benzene rings is 2. The van der Waals surface area contributed by atoms with Crippen molar-refractivity contribution in [2.45, 2.75) is 0 Å². The number of carbonyl (C=O) groups is 2. The van der Waals surface area contributed by atoms with Gasteiger partial charge in [0.1, 0.15) is 0 Å². The number of nitro groups is 1. The molecule has 3 rings (SSSR count). The number of rotatable bonds is 5. The van der Waals surface area contributed by atoms with Crippen LogP contribution in [0.4, 0.5) is 17.1 Å². The Kier molecular flexibility index (Phi) is 5.70. The molecular formula is C18H14N4O5S. The SMILES string of the molecule is COC(=O)/C=C1\S/C(=N\Nc2ccc([N+](=O)[O-])cc2)N(c2ccccc2)C1=O. The van der Waals surface area contributed by atoms with Gasteiger partial charge < -0.3 is 4.74 Å². The molecule has 28 heavy (non-hydrogen) atoms. The third kappa shape index (κ3) is 4.18. The molecule has 1 fully saturated rings. The molecule has 2 aromatic rings. The van der Waals surface area contributed by atoms with Gasteiger partial charge in [0.05, 0.1) is 28.3 Å². The lowest BCUT2D eigenvalue weighted by Crippen LogP contribution is -2.29. The molecule has 10 heteroatoms. The molecule has 9 nitrogen and oxygen atoms in total. The molecular weight excluding hydrogens is 384 g/mol. The smallest absolute Gasteiger partial charge is 0.331 e. The van der Waals surface area contributed by atoms with Gasteiger partial charge in [-0.15, -0.1) is 5.10 Å². The van der Waals surface area contributed by atoms with Crippen LogP contribution in [0.2, 0.25) is 0 Å². The van der Waals surface area contributed by atoms with Crippen LogP contribution in [0, 0.1) is 10.1 Å². The maximum Gasteiger partial charge on any atom is 0.331 e. The van der Waals surface area contributed by atoms with Crippen LogP contribution in [-0.2, 0) is 14.3 Å². The molecule has 1 aliphatic rings. The highest BCUT2D eigenvalue weighted by atomic mass is 32.2. The van der Waals surface area contributed by atoms with E-state index in [0.29, 0.717) is 16.5 Å². The zero-order valence-corrected chi connectivity index (χ0v) is 15.4. The normalized spacial score (nSPS) is 16.5. The second-order valence-corrected chi connectivity index (χ2v) is 6.43. The van der Waals surface area contributed by atoms with Gasteiger partial charge in [0.25, 0.3) is 11.6 Å². The lowest BCUT2D eigenvalue weighted by atomic mass is 10.3. The van der Waals surface area contributed by atoms with E-state index in [9.17, 15) is 19.7 Å². The van der Waals surface area contributed by atoms with Crippen LogP contribution in [-0.4, -0.2) is 29.1 Å². The van der Waals surface area contributed by atoms with Crippen LogP contribution in [0.3, 0.4) is 0 Å². The van der Waals surface area contributed by atoms with Crippen molar-refractivity contribution < 1.29 is 19.2 Å². The minimum Gasteiger partial charge on any atom is -0.466 e. The van der Waals surface area contributed by atoms with Gasteiger partial charge in [-0.2, -0.15) is 0 Å². The number of nitro benzene ring substituents is 1. The zero-order chi connectivity index (χ0) is 20.1. The highest BCUT2D eigenvalue weighted by Crippen LogP contribution is 2.34. The van der Waals surface area contributed by atoms with E-state index >= 15 is 0 Å². The fraction of sp³-hybridized carbons (Fsp3) is 0.0556.